The first kappa shape index (κ1) is 13.8. The van der Waals surface area contributed by atoms with Crippen LogP contribution in [0.2, 0.25) is 0 Å². The van der Waals surface area contributed by atoms with E-state index in [1.54, 1.807) is 6.92 Å². The number of amides is 1. The standard InChI is InChI=1S/C13H12F2N2O/c1-2-9(8-16)17-13(18)7-6-10-11(14)4-3-5-12(10)15/h3-7,9H,2H2,1H3,(H,17,18)/b7-6+/t9-/m1/s1. The summed E-state index contributed by atoms with van der Waals surface area (Å²) in [5.41, 5.74) is -0.280. The van der Waals surface area contributed by atoms with Gasteiger partial charge in [-0.3, -0.25) is 4.79 Å². The lowest BCUT2D eigenvalue weighted by Crippen LogP contribution is -2.31. The quantitative estimate of drug-likeness (QED) is 0.834. The molecular weight excluding hydrogens is 238 g/mol. The lowest BCUT2D eigenvalue weighted by molar-refractivity contribution is -0.116. The minimum absolute atomic E-state index is 0.280. The second-order valence-corrected chi connectivity index (χ2v) is 3.57. The summed E-state index contributed by atoms with van der Waals surface area (Å²) in [6.07, 6.45) is 2.51. The minimum Gasteiger partial charge on any atom is -0.337 e. The maximum absolute atomic E-state index is 13.2. The van der Waals surface area contributed by atoms with Crippen LogP contribution >= 0.6 is 0 Å². The Labute approximate surface area is 104 Å². The topological polar surface area (TPSA) is 52.9 Å². The molecule has 1 aromatic carbocycles. The molecule has 0 fully saturated rings. The molecule has 0 saturated carbocycles. The normalized spacial score (nSPS) is 12.1. The van der Waals surface area contributed by atoms with Gasteiger partial charge in [-0.05, 0) is 24.6 Å². The molecule has 5 heteroatoms. The number of benzene rings is 1. The summed E-state index contributed by atoms with van der Waals surface area (Å²) >= 11 is 0. The predicted octanol–water partition coefficient (Wildman–Crippen LogP) is 2.40. The van der Waals surface area contributed by atoms with E-state index < -0.39 is 23.6 Å². The third kappa shape index (κ3) is 3.67. The van der Waals surface area contributed by atoms with Crippen LogP contribution in [0.4, 0.5) is 8.78 Å². The molecule has 0 aliphatic rings. The van der Waals surface area contributed by atoms with E-state index in [2.05, 4.69) is 5.32 Å². The van der Waals surface area contributed by atoms with Crippen molar-refractivity contribution >= 4 is 12.0 Å². The number of halogens is 2. The molecule has 1 aromatic rings. The van der Waals surface area contributed by atoms with E-state index in [9.17, 15) is 13.6 Å². The Morgan fingerprint density at radius 3 is 2.61 bits per heavy atom. The third-order valence-electron chi connectivity index (χ3n) is 2.28. The molecule has 0 aliphatic carbocycles. The summed E-state index contributed by atoms with van der Waals surface area (Å²) in [7, 11) is 0. The highest BCUT2D eigenvalue weighted by Gasteiger charge is 2.08. The molecule has 3 nitrogen and oxygen atoms in total. The van der Waals surface area contributed by atoms with Crippen LogP contribution < -0.4 is 5.32 Å². The van der Waals surface area contributed by atoms with E-state index >= 15 is 0 Å². The van der Waals surface area contributed by atoms with E-state index in [0.29, 0.717) is 6.42 Å². The Bertz CT molecular complexity index is 486. The van der Waals surface area contributed by atoms with Gasteiger partial charge in [-0.2, -0.15) is 5.26 Å². The smallest absolute Gasteiger partial charge is 0.245 e. The Kier molecular flexibility index (Phi) is 5.00. The van der Waals surface area contributed by atoms with E-state index in [0.717, 1.165) is 24.3 Å². The first-order valence-electron chi connectivity index (χ1n) is 5.40. The molecule has 0 saturated heterocycles. The van der Waals surface area contributed by atoms with Gasteiger partial charge in [-0.15, -0.1) is 0 Å². The van der Waals surface area contributed by atoms with E-state index in [1.807, 2.05) is 6.07 Å². The van der Waals surface area contributed by atoms with Gasteiger partial charge in [0.05, 0.1) is 6.07 Å². The maximum atomic E-state index is 13.2. The van der Waals surface area contributed by atoms with Crippen molar-refractivity contribution < 1.29 is 13.6 Å². The number of carbonyl (C=O) groups is 1. The van der Waals surface area contributed by atoms with Gasteiger partial charge in [0.2, 0.25) is 5.91 Å². The second kappa shape index (κ2) is 6.50. The van der Waals surface area contributed by atoms with Crippen LogP contribution in [0.1, 0.15) is 18.9 Å². The molecule has 0 heterocycles. The molecule has 1 amide bonds. The molecule has 1 rings (SSSR count). The van der Waals surface area contributed by atoms with Gasteiger partial charge in [0.25, 0.3) is 0 Å². The van der Waals surface area contributed by atoms with Gasteiger partial charge < -0.3 is 5.32 Å². The molecule has 1 N–H and O–H groups in total. The molecule has 1 atom stereocenters. The second-order valence-electron chi connectivity index (χ2n) is 3.57. The van der Waals surface area contributed by atoms with Crippen LogP contribution in [0, 0.1) is 23.0 Å². The van der Waals surface area contributed by atoms with Crippen molar-refractivity contribution in [2.75, 3.05) is 0 Å². The van der Waals surface area contributed by atoms with Crippen LogP contribution in [-0.2, 0) is 4.79 Å². The minimum atomic E-state index is -0.744. The SMILES string of the molecule is CC[C@H](C#N)NC(=O)/C=C/c1c(F)cccc1F. The lowest BCUT2D eigenvalue weighted by atomic mass is 10.2. The summed E-state index contributed by atoms with van der Waals surface area (Å²) in [6, 6.07) is 4.73. The average Bonchev–Trinajstić information content (AvgIpc) is 2.35. The number of carbonyl (C=O) groups excluding carboxylic acids is 1. The predicted molar refractivity (Wildman–Crippen MR) is 63.2 cm³/mol. The van der Waals surface area contributed by atoms with E-state index in [4.69, 9.17) is 5.26 Å². The van der Waals surface area contributed by atoms with Crippen LogP contribution in [0.25, 0.3) is 6.08 Å². The van der Waals surface area contributed by atoms with Crippen molar-refractivity contribution in [2.24, 2.45) is 0 Å². The van der Waals surface area contributed by atoms with Crippen molar-refractivity contribution in [1.82, 2.24) is 5.32 Å². The molecule has 0 unspecified atom stereocenters. The molecule has 0 bridgehead atoms. The summed E-state index contributed by atoms with van der Waals surface area (Å²) in [6.45, 7) is 1.74. The molecule has 0 spiro atoms. The van der Waals surface area contributed by atoms with Gasteiger partial charge in [-0.1, -0.05) is 13.0 Å². The van der Waals surface area contributed by atoms with Crippen molar-refractivity contribution in [3.05, 3.63) is 41.5 Å². The summed E-state index contributed by atoms with van der Waals surface area (Å²) in [5.74, 6) is -2.05. The van der Waals surface area contributed by atoms with Gasteiger partial charge in [0, 0.05) is 11.6 Å². The molecule has 0 radical (unpaired) electrons. The van der Waals surface area contributed by atoms with Crippen LogP contribution in [0.5, 0.6) is 0 Å². The number of nitrogens with zero attached hydrogens (tertiary/aromatic N) is 1. The highest BCUT2D eigenvalue weighted by Crippen LogP contribution is 2.13. The fourth-order valence-corrected chi connectivity index (χ4v) is 1.27. The largest absolute Gasteiger partial charge is 0.337 e. The van der Waals surface area contributed by atoms with Crippen molar-refractivity contribution in [3.8, 4) is 6.07 Å². The summed E-state index contributed by atoms with van der Waals surface area (Å²) in [5, 5.41) is 11.0. The number of nitriles is 1. The molecule has 94 valence electrons. The van der Waals surface area contributed by atoms with E-state index in [1.165, 1.54) is 6.07 Å². The monoisotopic (exact) mass is 250 g/mol. The zero-order valence-corrected chi connectivity index (χ0v) is 9.78. The highest BCUT2D eigenvalue weighted by atomic mass is 19.1. The van der Waals surface area contributed by atoms with Crippen molar-refractivity contribution in [1.29, 1.82) is 5.26 Å². The number of rotatable bonds is 4. The maximum Gasteiger partial charge on any atom is 0.245 e. The van der Waals surface area contributed by atoms with Crippen LogP contribution in [0.15, 0.2) is 24.3 Å². The molecule has 0 aliphatic heterocycles. The van der Waals surface area contributed by atoms with Gasteiger partial charge in [-0.25, -0.2) is 8.78 Å². The van der Waals surface area contributed by atoms with Gasteiger partial charge in [0.15, 0.2) is 0 Å². The summed E-state index contributed by atoms with van der Waals surface area (Å²) in [4.78, 5) is 11.4. The number of hydrogen-bond acceptors (Lipinski definition) is 2. The van der Waals surface area contributed by atoms with Gasteiger partial charge >= 0.3 is 0 Å². The van der Waals surface area contributed by atoms with Crippen LogP contribution in [0.3, 0.4) is 0 Å². The number of hydrogen-bond donors (Lipinski definition) is 1. The summed E-state index contributed by atoms with van der Waals surface area (Å²) < 4.78 is 26.4. The fraction of sp³-hybridized carbons (Fsp3) is 0.231. The fourth-order valence-electron chi connectivity index (χ4n) is 1.27. The zero-order valence-electron chi connectivity index (χ0n) is 9.78. The molecular formula is C13H12F2N2O. The zero-order chi connectivity index (χ0) is 13.5. The number of nitrogens with one attached hydrogen (secondary N) is 1. The Morgan fingerprint density at radius 2 is 2.11 bits per heavy atom. The van der Waals surface area contributed by atoms with E-state index in [-0.39, 0.29) is 5.56 Å². The first-order valence-corrected chi connectivity index (χ1v) is 5.40. The van der Waals surface area contributed by atoms with Crippen LogP contribution in [-0.4, -0.2) is 11.9 Å². The third-order valence-corrected chi connectivity index (χ3v) is 2.28. The Morgan fingerprint density at radius 1 is 1.50 bits per heavy atom. The average molecular weight is 250 g/mol. The highest BCUT2D eigenvalue weighted by molar-refractivity contribution is 5.92. The first-order chi connectivity index (χ1) is 8.58. The van der Waals surface area contributed by atoms with Crippen molar-refractivity contribution in [2.45, 2.75) is 19.4 Å². The lowest BCUT2D eigenvalue weighted by Gasteiger charge is -2.05. The Hall–Kier alpha value is -2.22. The molecule has 0 aromatic heterocycles. The van der Waals surface area contributed by atoms with Crippen molar-refractivity contribution in [3.63, 3.8) is 0 Å². The molecule has 18 heavy (non-hydrogen) atoms. The Balaban J connectivity index is 2.76. The van der Waals surface area contributed by atoms with Gasteiger partial charge in [0.1, 0.15) is 17.7 Å².